The number of thiophene rings is 1. The minimum atomic E-state index is -0.112. The molecule has 1 N–H and O–H groups in total. The molecule has 26 heavy (non-hydrogen) atoms. The number of nitrogens with one attached hydrogen (secondary N) is 1. The Morgan fingerprint density at radius 1 is 1.12 bits per heavy atom. The molecule has 2 aromatic heterocycles. The Bertz CT molecular complexity index is 860. The van der Waals surface area contributed by atoms with E-state index in [0.29, 0.717) is 30.4 Å². The highest BCUT2D eigenvalue weighted by atomic mass is 32.1. The van der Waals surface area contributed by atoms with Gasteiger partial charge in [-0.25, -0.2) is 4.98 Å². The van der Waals surface area contributed by atoms with Crippen molar-refractivity contribution in [3.8, 4) is 22.1 Å². The molecule has 136 valence electrons. The van der Waals surface area contributed by atoms with Crippen LogP contribution in [0.3, 0.4) is 0 Å². The van der Waals surface area contributed by atoms with Crippen LogP contribution < -0.4 is 14.8 Å². The summed E-state index contributed by atoms with van der Waals surface area (Å²) in [5.41, 5.74) is 2.54. The Morgan fingerprint density at radius 3 is 2.65 bits per heavy atom. The summed E-state index contributed by atoms with van der Waals surface area (Å²) in [6.07, 6.45) is 0.234. The lowest BCUT2D eigenvalue weighted by Gasteiger charge is -2.12. The second-order valence-electron chi connectivity index (χ2n) is 5.41. The molecular formula is C19H20N2O3S2. The van der Waals surface area contributed by atoms with Crippen LogP contribution >= 0.6 is 22.7 Å². The van der Waals surface area contributed by atoms with Crippen molar-refractivity contribution in [2.24, 2.45) is 0 Å². The van der Waals surface area contributed by atoms with Crippen LogP contribution in [0.25, 0.3) is 10.6 Å². The smallest absolute Gasteiger partial charge is 0.230 e. The molecule has 0 saturated carbocycles. The summed E-state index contributed by atoms with van der Waals surface area (Å²) >= 11 is 3.19. The number of benzene rings is 1. The molecule has 0 fully saturated rings. The first-order valence-electron chi connectivity index (χ1n) is 8.36. The summed E-state index contributed by atoms with van der Waals surface area (Å²) in [7, 11) is 0. The largest absolute Gasteiger partial charge is 0.490 e. The first-order chi connectivity index (χ1) is 12.7. The van der Waals surface area contributed by atoms with Crippen molar-refractivity contribution < 1.29 is 14.3 Å². The number of nitrogens with zero attached hydrogens (tertiary/aromatic N) is 1. The van der Waals surface area contributed by atoms with E-state index in [9.17, 15) is 4.79 Å². The van der Waals surface area contributed by atoms with Gasteiger partial charge in [0.25, 0.3) is 0 Å². The molecule has 0 aliphatic carbocycles. The summed E-state index contributed by atoms with van der Waals surface area (Å²) in [5, 5.41) is 9.83. The van der Waals surface area contributed by atoms with Gasteiger partial charge in [-0.2, -0.15) is 11.3 Å². The van der Waals surface area contributed by atoms with Crippen molar-refractivity contribution in [2.75, 3.05) is 18.5 Å². The van der Waals surface area contributed by atoms with Crippen LogP contribution in [-0.2, 0) is 11.2 Å². The number of carbonyl (C=O) groups excluding carboxylic acids is 1. The lowest BCUT2D eigenvalue weighted by molar-refractivity contribution is -0.115. The maximum Gasteiger partial charge on any atom is 0.230 e. The minimum absolute atomic E-state index is 0.112. The number of thiazole rings is 1. The van der Waals surface area contributed by atoms with Crippen LogP contribution in [0, 0.1) is 0 Å². The average molecular weight is 389 g/mol. The number of aromatic nitrogens is 1. The van der Waals surface area contributed by atoms with E-state index >= 15 is 0 Å². The maximum absolute atomic E-state index is 12.3. The minimum Gasteiger partial charge on any atom is -0.490 e. The van der Waals surface area contributed by atoms with Crippen molar-refractivity contribution >= 4 is 34.3 Å². The topological polar surface area (TPSA) is 60.5 Å². The van der Waals surface area contributed by atoms with Crippen LogP contribution in [0.5, 0.6) is 11.5 Å². The molecule has 0 atom stereocenters. The number of anilines is 1. The molecule has 7 heteroatoms. The third-order valence-electron chi connectivity index (χ3n) is 3.49. The third kappa shape index (κ3) is 4.62. The summed E-state index contributed by atoms with van der Waals surface area (Å²) in [5.74, 6) is 1.19. The van der Waals surface area contributed by atoms with Crippen molar-refractivity contribution in [1.29, 1.82) is 0 Å². The van der Waals surface area contributed by atoms with Gasteiger partial charge in [0.2, 0.25) is 5.91 Å². The number of hydrogen-bond acceptors (Lipinski definition) is 6. The number of hydrogen-bond donors (Lipinski definition) is 1. The van der Waals surface area contributed by atoms with Crippen LogP contribution in [0.15, 0.2) is 40.4 Å². The van der Waals surface area contributed by atoms with Gasteiger partial charge in [-0.05, 0) is 37.4 Å². The lowest BCUT2D eigenvalue weighted by Crippen LogP contribution is -2.14. The monoisotopic (exact) mass is 388 g/mol. The molecule has 3 rings (SSSR count). The Morgan fingerprint density at radius 2 is 1.92 bits per heavy atom. The molecule has 0 bridgehead atoms. The van der Waals surface area contributed by atoms with Gasteiger partial charge in [0.15, 0.2) is 11.5 Å². The summed E-state index contributed by atoms with van der Waals surface area (Å²) < 4.78 is 11.1. The van der Waals surface area contributed by atoms with Gasteiger partial charge in [-0.1, -0.05) is 0 Å². The molecule has 3 aromatic rings. The predicted molar refractivity (Wildman–Crippen MR) is 107 cm³/mol. The van der Waals surface area contributed by atoms with Gasteiger partial charge in [0.1, 0.15) is 5.01 Å². The molecule has 1 aromatic carbocycles. The quantitative estimate of drug-likeness (QED) is 0.599. The van der Waals surface area contributed by atoms with Crippen molar-refractivity contribution in [2.45, 2.75) is 20.3 Å². The van der Waals surface area contributed by atoms with Gasteiger partial charge < -0.3 is 14.8 Å². The van der Waals surface area contributed by atoms with E-state index in [1.165, 1.54) is 0 Å². The number of rotatable bonds is 8. The standard InChI is InChI=1S/C19H20N2O3S2/c1-3-23-16-6-5-14(9-17(16)24-4-2)20-18(22)10-15-12-26-19(21-15)13-7-8-25-11-13/h5-9,11-12H,3-4,10H2,1-2H3,(H,20,22). The first kappa shape index (κ1) is 18.4. The second kappa shape index (κ2) is 8.82. The zero-order chi connectivity index (χ0) is 18.4. The molecule has 0 radical (unpaired) electrons. The predicted octanol–water partition coefficient (Wildman–Crippen LogP) is 4.85. The molecule has 0 aliphatic heterocycles. The first-order valence-corrected chi connectivity index (χ1v) is 10.2. The SMILES string of the molecule is CCOc1ccc(NC(=O)Cc2csc(-c3ccsc3)n2)cc1OCC. The van der Waals surface area contributed by atoms with E-state index in [-0.39, 0.29) is 12.3 Å². The normalized spacial score (nSPS) is 10.5. The molecular weight excluding hydrogens is 368 g/mol. The zero-order valence-electron chi connectivity index (χ0n) is 14.7. The molecule has 0 saturated heterocycles. The Labute approximate surface area is 160 Å². The Kier molecular flexibility index (Phi) is 6.25. The summed E-state index contributed by atoms with van der Waals surface area (Å²) in [6, 6.07) is 7.43. The van der Waals surface area contributed by atoms with E-state index in [0.717, 1.165) is 16.3 Å². The molecule has 5 nitrogen and oxygen atoms in total. The Hall–Kier alpha value is -2.38. The van der Waals surface area contributed by atoms with Crippen molar-refractivity contribution in [1.82, 2.24) is 4.98 Å². The van der Waals surface area contributed by atoms with E-state index < -0.39 is 0 Å². The zero-order valence-corrected chi connectivity index (χ0v) is 16.3. The highest BCUT2D eigenvalue weighted by molar-refractivity contribution is 7.14. The Balaban J connectivity index is 1.65. The number of ether oxygens (including phenoxy) is 2. The van der Waals surface area contributed by atoms with Gasteiger partial charge in [-0.15, -0.1) is 11.3 Å². The van der Waals surface area contributed by atoms with Crippen LogP contribution in [0.1, 0.15) is 19.5 Å². The van der Waals surface area contributed by atoms with E-state index in [2.05, 4.69) is 15.7 Å². The van der Waals surface area contributed by atoms with E-state index in [1.807, 2.05) is 42.8 Å². The molecule has 1 amide bonds. The second-order valence-corrected chi connectivity index (χ2v) is 7.05. The van der Waals surface area contributed by atoms with Gasteiger partial charge in [0, 0.05) is 28.1 Å². The maximum atomic E-state index is 12.3. The van der Waals surface area contributed by atoms with Crippen LogP contribution in [-0.4, -0.2) is 24.1 Å². The van der Waals surface area contributed by atoms with Crippen molar-refractivity contribution in [3.63, 3.8) is 0 Å². The molecule has 0 unspecified atom stereocenters. The van der Waals surface area contributed by atoms with E-state index in [1.54, 1.807) is 28.7 Å². The van der Waals surface area contributed by atoms with Gasteiger partial charge in [-0.3, -0.25) is 4.79 Å². The van der Waals surface area contributed by atoms with Crippen molar-refractivity contribution in [3.05, 3.63) is 46.1 Å². The average Bonchev–Trinajstić information content (AvgIpc) is 3.29. The van der Waals surface area contributed by atoms with Gasteiger partial charge in [0.05, 0.1) is 25.3 Å². The third-order valence-corrected chi connectivity index (χ3v) is 5.11. The fraction of sp³-hybridized carbons (Fsp3) is 0.263. The van der Waals surface area contributed by atoms with Crippen LogP contribution in [0.4, 0.5) is 5.69 Å². The molecule has 2 heterocycles. The fourth-order valence-corrected chi connectivity index (χ4v) is 3.94. The highest BCUT2D eigenvalue weighted by Crippen LogP contribution is 2.31. The molecule has 0 spiro atoms. The van der Waals surface area contributed by atoms with E-state index in [4.69, 9.17) is 9.47 Å². The lowest BCUT2D eigenvalue weighted by atomic mass is 10.2. The molecule has 0 aliphatic rings. The summed E-state index contributed by atoms with van der Waals surface area (Å²) in [4.78, 5) is 16.9. The van der Waals surface area contributed by atoms with Gasteiger partial charge >= 0.3 is 0 Å². The number of amides is 1. The summed E-state index contributed by atoms with van der Waals surface area (Å²) in [6.45, 7) is 4.92. The fourth-order valence-electron chi connectivity index (χ4n) is 2.41. The highest BCUT2D eigenvalue weighted by Gasteiger charge is 2.12. The van der Waals surface area contributed by atoms with Crippen LogP contribution in [0.2, 0.25) is 0 Å². The number of carbonyl (C=O) groups is 1.